The summed E-state index contributed by atoms with van der Waals surface area (Å²) in [4.78, 5) is 12.4. The lowest BCUT2D eigenvalue weighted by atomic mass is 9.65. The average molecular weight is 341 g/mol. The van der Waals surface area contributed by atoms with Crippen LogP contribution in [-0.4, -0.2) is 18.5 Å². The number of hydrogen-bond donors (Lipinski definition) is 2. The minimum absolute atomic E-state index is 0. The zero-order valence-electron chi connectivity index (χ0n) is 13.3. The van der Waals surface area contributed by atoms with Crippen molar-refractivity contribution < 1.29 is 9.18 Å². The zero-order valence-corrected chi connectivity index (χ0v) is 14.2. The molecule has 2 unspecified atom stereocenters. The van der Waals surface area contributed by atoms with Crippen molar-refractivity contribution in [1.29, 1.82) is 0 Å². The molecule has 1 amide bonds. The third kappa shape index (κ3) is 4.45. The van der Waals surface area contributed by atoms with E-state index in [2.05, 4.69) is 5.32 Å². The van der Waals surface area contributed by atoms with E-state index in [1.165, 1.54) is 31.4 Å². The second-order valence-corrected chi connectivity index (χ2v) is 6.86. The first-order valence-corrected chi connectivity index (χ1v) is 8.41. The van der Waals surface area contributed by atoms with Crippen LogP contribution in [0.25, 0.3) is 0 Å². The second kappa shape index (κ2) is 8.11. The first kappa shape index (κ1) is 18.2. The number of fused-ring (bicyclic) bond motifs is 2. The Kier molecular flexibility index (Phi) is 6.42. The number of carbonyl (C=O) groups is 1. The molecular formula is C18H26ClFN2O. The molecule has 2 fully saturated rings. The lowest BCUT2D eigenvalue weighted by molar-refractivity contribution is -0.127. The van der Waals surface area contributed by atoms with Crippen molar-refractivity contribution in [1.82, 2.24) is 5.32 Å². The number of halogens is 2. The summed E-state index contributed by atoms with van der Waals surface area (Å²) in [6, 6.07) is 6.76. The van der Waals surface area contributed by atoms with Crippen molar-refractivity contribution >= 4 is 18.3 Å². The van der Waals surface area contributed by atoms with E-state index in [1.54, 1.807) is 12.1 Å². The van der Waals surface area contributed by atoms with Gasteiger partial charge in [0.25, 0.3) is 0 Å². The van der Waals surface area contributed by atoms with Gasteiger partial charge in [-0.2, -0.15) is 0 Å². The Balaban J connectivity index is 0.00000192. The smallest absolute Gasteiger partial charge is 0.223 e. The van der Waals surface area contributed by atoms with Crippen molar-refractivity contribution in [2.24, 2.45) is 23.5 Å². The molecule has 0 aromatic heterocycles. The van der Waals surface area contributed by atoms with Gasteiger partial charge in [0.1, 0.15) is 5.82 Å². The van der Waals surface area contributed by atoms with Gasteiger partial charge in [-0.1, -0.05) is 18.6 Å². The van der Waals surface area contributed by atoms with Gasteiger partial charge in [-0.3, -0.25) is 4.79 Å². The van der Waals surface area contributed by atoms with Crippen LogP contribution in [0.15, 0.2) is 24.3 Å². The van der Waals surface area contributed by atoms with Crippen molar-refractivity contribution in [2.45, 2.75) is 44.6 Å². The van der Waals surface area contributed by atoms with Crippen LogP contribution in [0, 0.1) is 23.6 Å². The Labute approximate surface area is 143 Å². The number of carbonyl (C=O) groups excluding carboxylic acids is 1. The lowest BCUT2D eigenvalue weighted by Gasteiger charge is -2.43. The molecule has 0 radical (unpaired) electrons. The van der Waals surface area contributed by atoms with Gasteiger partial charge in [-0.05, 0) is 61.6 Å². The fraction of sp³-hybridized carbons (Fsp3) is 0.611. The summed E-state index contributed by atoms with van der Waals surface area (Å²) in [5.74, 6) is 1.13. The summed E-state index contributed by atoms with van der Waals surface area (Å²) < 4.78 is 12.8. The topological polar surface area (TPSA) is 55.1 Å². The van der Waals surface area contributed by atoms with E-state index >= 15 is 0 Å². The quantitative estimate of drug-likeness (QED) is 0.885. The minimum Gasteiger partial charge on any atom is -0.356 e. The highest BCUT2D eigenvalue weighted by atomic mass is 35.5. The predicted octanol–water partition coefficient (Wildman–Crippen LogP) is 3.06. The highest BCUT2D eigenvalue weighted by molar-refractivity contribution is 5.85. The van der Waals surface area contributed by atoms with E-state index in [0.717, 1.165) is 24.8 Å². The standard InChI is InChI=1S/C18H25FN2O.ClH/c19-16-6-4-12(5-7-16)8-9-21-18(22)15-10-13-2-1-3-14(11-15)17(13)20;/h4-7,13-15,17H,1-3,8-11,20H2,(H,21,22);1H. The molecule has 2 saturated carbocycles. The Morgan fingerprint density at radius 1 is 1.17 bits per heavy atom. The van der Waals surface area contributed by atoms with Gasteiger partial charge in [0.05, 0.1) is 0 Å². The van der Waals surface area contributed by atoms with Crippen molar-refractivity contribution in [2.75, 3.05) is 6.54 Å². The lowest BCUT2D eigenvalue weighted by Crippen LogP contribution is -2.49. The van der Waals surface area contributed by atoms with Crippen LogP contribution >= 0.6 is 12.4 Å². The summed E-state index contributed by atoms with van der Waals surface area (Å²) in [6.07, 6.45) is 6.25. The van der Waals surface area contributed by atoms with Crippen molar-refractivity contribution in [3.8, 4) is 0 Å². The van der Waals surface area contributed by atoms with Crippen LogP contribution < -0.4 is 11.1 Å². The maximum Gasteiger partial charge on any atom is 0.223 e. The van der Waals surface area contributed by atoms with Crippen LogP contribution in [0.3, 0.4) is 0 Å². The third-order valence-electron chi connectivity index (χ3n) is 5.41. The van der Waals surface area contributed by atoms with E-state index in [4.69, 9.17) is 5.73 Å². The first-order chi connectivity index (χ1) is 10.6. The molecule has 2 aliphatic carbocycles. The van der Waals surface area contributed by atoms with E-state index in [9.17, 15) is 9.18 Å². The second-order valence-electron chi connectivity index (χ2n) is 6.86. The highest BCUT2D eigenvalue weighted by Crippen LogP contribution is 2.41. The molecule has 1 aromatic rings. The molecule has 3 nitrogen and oxygen atoms in total. The first-order valence-electron chi connectivity index (χ1n) is 8.41. The molecule has 0 saturated heterocycles. The molecule has 0 heterocycles. The molecule has 5 heteroatoms. The van der Waals surface area contributed by atoms with Gasteiger partial charge in [0.2, 0.25) is 5.91 Å². The van der Waals surface area contributed by atoms with E-state index in [0.29, 0.717) is 24.4 Å². The SMILES string of the molecule is Cl.NC1C2CCCC1CC(C(=O)NCCc1ccc(F)cc1)C2. The monoisotopic (exact) mass is 340 g/mol. The van der Waals surface area contributed by atoms with Gasteiger partial charge >= 0.3 is 0 Å². The molecule has 0 aliphatic heterocycles. The summed E-state index contributed by atoms with van der Waals surface area (Å²) >= 11 is 0. The van der Waals surface area contributed by atoms with Gasteiger partial charge in [-0.25, -0.2) is 4.39 Å². The highest BCUT2D eigenvalue weighted by Gasteiger charge is 2.40. The number of amides is 1. The van der Waals surface area contributed by atoms with Gasteiger partial charge in [-0.15, -0.1) is 12.4 Å². The summed E-state index contributed by atoms with van der Waals surface area (Å²) in [6.45, 7) is 0.613. The predicted molar refractivity (Wildman–Crippen MR) is 91.9 cm³/mol. The zero-order chi connectivity index (χ0) is 15.5. The maximum atomic E-state index is 12.8. The van der Waals surface area contributed by atoms with E-state index in [-0.39, 0.29) is 30.0 Å². The molecular weight excluding hydrogens is 315 g/mol. The van der Waals surface area contributed by atoms with Crippen LogP contribution in [0.2, 0.25) is 0 Å². The number of nitrogens with one attached hydrogen (secondary N) is 1. The minimum atomic E-state index is -0.224. The van der Waals surface area contributed by atoms with Gasteiger partial charge < -0.3 is 11.1 Å². The van der Waals surface area contributed by atoms with Crippen LogP contribution in [0.4, 0.5) is 4.39 Å². The van der Waals surface area contributed by atoms with Crippen molar-refractivity contribution in [3.05, 3.63) is 35.6 Å². The molecule has 2 aliphatic rings. The summed E-state index contributed by atoms with van der Waals surface area (Å²) in [7, 11) is 0. The Morgan fingerprint density at radius 3 is 2.39 bits per heavy atom. The number of benzene rings is 1. The molecule has 23 heavy (non-hydrogen) atoms. The summed E-state index contributed by atoms with van der Waals surface area (Å²) in [5.41, 5.74) is 7.32. The Bertz CT molecular complexity index is 508. The molecule has 3 N–H and O–H groups in total. The molecule has 2 bridgehead atoms. The van der Waals surface area contributed by atoms with E-state index < -0.39 is 0 Å². The molecule has 128 valence electrons. The fourth-order valence-electron chi connectivity index (χ4n) is 4.13. The molecule has 2 atom stereocenters. The molecule has 1 aromatic carbocycles. The van der Waals surface area contributed by atoms with Gasteiger partial charge in [0, 0.05) is 18.5 Å². The Hall–Kier alpha value is -1.13. The third-order valence-corrected chi connectivity index (χ3v) is 5.41. The summed E-state index contributed by atoms with van der Waals surface area (Å²) in [5, 5.41) is 3.05. The average Bonchev–Trinajstić information content (AvgIpc) is 2.49. The molecule has 0 spiro atoms. The van der Waals surface area contributed by atoms with E-state index in [1.807, 2.05) is 0 Å². The van der Waals surface area contributed by atoms with Crippen LogP contribution in [0.5, 0.6) is 0 Å². The Morgan fingerprint density at radius 2 is 1.78 bits per heavy atom. The normalized spacial score (nSPS) is 29.5. The number of hydrogen-bond acceptors (Lipinski definition) is 2. The molecule has 3 rings (SSSR count). The van der Waals surface area contributed by atoms with Crippen molar-refractivity contribution in [3.63, 3.8) is 0 Å². The number of rotatable bonds is 4. The maximum absolute atomic E-state index is 12.8. The largest absolute Gasteiger partial charge is 0.356 e. The van der Waals surface area contributed by atoms with Crippen LogP contribution in [0.1, 0.15) is 37.7 Å². The van der Waals surface area contributed by atoms with Crippen LogP contribution in [-0.2, 0) is 11.2 Å². The van der Waals surface area contributed by atoms with Gasteiger partial charge in [0.15, 0.2) is 0 Å². The number of nitrogens with two attached hydrogens (primary N) is 1. The fourth-order valence-corrected chi connectivity index (χ4v) is 4.13.